The van der Waals surface area contributed by atoms with E-state index in [1.165, 1.54) is 12.8 Å². The fraction of sp³-hybridized carbons (Fsp3) is 0.875. The molecule has 0 spiro atoms. The van der Waals surface area contributed by atoms with Gasteiger partial charge in [-0.1, -0.05) is 44.2 Å². The molecular formula is C8H15Cl2NO. The van der Waals surface area contributed by atoms with Crippen molar-refractivity contribution in [3.8, 4) is 0 Å². The molecule has 1 N–H and O–H groups in total. The van der Waals surface area contributed by atoms with Gasteiger partial charge in [0, 0.05) is 0 Å². The van der Waals surface area contributed by atoms with Gasteiger partial charge in [0.15, 0.2) is 0 Å². The van der Waals surface area contributed by atoms with Crippen LogP contribution in [-0.4, -0.2) is 10.9 Å². The molecule has 0 aliphatic carbocycles. The van der Waals surface area contributed by atoms with Crippen molar-refractivity contribution in [2.24, 2.45) is 0 Å². The summed E-state index contributed by atoms with van der Waals surface area (Å²) in [7, 11) is 0. The molecule has 72 valence electrons. The quantitative estimate of drug-likeness (QED) is 0.310. The van der Waals surface area contributed by atoms with Gasteiger partial charge in [-0.25, -0.2) is 0 Å². The number of hydrogen-bond donors (Lipinski definition) is 1. The second-order valence-electron chi connectivity index (χ2n) is 2.73. The summed E-state index contributed by atoms with van der Waals surface area (Å²) in [4.78, 5) is 10.3. The summed E-state index contributed by atoms with van der Waals surface area (Å²) in [5.41, 5.74) is -0.313. The van der Waals surface area contributed by atoms with Crippen LogP contribution in [0.3, 0.4) is 0 Å². The van der Waals surface area contributed by atoms with Crippen LogP contribution in [0, 0.1) is 0 Å². The second-order valence-corrected chi connectivity index (χ2v) is 3.61. The molecule has 0 fully saturated rings. The molecule has 1 amide bonds. The number of hydrogen-bond acceptors (Lipinski definition) is 1. The maximum absolute atomic E-state index is 10.3. The minimum Gasteiger partial charge on any atom is -0.326 e. The highest BCUT2D eigenvalue weighted by Gasteiger charge is 2.05. The van der Waals surface area contributed by atoms with E-state index >= 15 is 0 Å². The molecule has 0 radical (unpaired) electrons. The van der Waals surface area contributed by atoms with E-state index in [-0.39, 0.29) is 5.50 Å². The molecular weight excluding hydrogens is 197 g/mol. The van der Waals surface area contributed by atoms with Crippen molar-refractivity contribution in [2.45, 2.75) is 44.5 Å². The van der Waals surface area contributed by atoms with E-state index in [1.807, 2.05) is 0 Å². The lowest BCUT2D eigenvalue weighted by Gasteiger charge is -2.07. The number of amides is 1. The van der Waals surface area contributed by atoms with Crippen molar-refractivity contribution < 1.29 is 4.79 Å². The standard InChI is InChI=1S/C8H15Cl2NO/c1-2-3-4-5-6-7(9)11-8(10)12/h7H,2-6H2,1H3,(H,11,12). The molecule has 0 aromatic rings. The average Bonchev–Trinajstić information content (AvgIpc) is 1.97. The fourth-order valence-electron chi connectivity index (χ4n) is 0.946. The second kappa shape index (κ2) is 7.69. The Balaban J connectivity index is 3.19. The van der Waals surface area contributed by atoms with E-state index < -0.39 is 5.37 Å². The van der Waals surface area contributed by atoms with Gasteiger partial charge in [0.2, 0.25) is 0 Å². The van der Waals surface area contributed by atoms with Crippen LogP contribution in [0.15, 0.2) is 0 Å². The number of rotatable bonds is 6. The van der Waals surface area contributed by atoms with E-state index in [9.17, 15) is 4.79 Å². The largest absolute Gasteiger partial charge is 0.326 e. The van der Waals surface area contributed by atoms with Crippen molar-refractivity contribution in [1.29, 1.82) is 0 Å². The highest BCUT2D eigenvalue weighted by molar-refractivity contribution is 6.63. The Morgan fingerprint density at radius 1 is 1.42 bits per heavy atom. The lowest BCUT2D eigenvalue weighted by molar-refractivity contribution is 0.258. The Morgan fingerprint density at radius 3 is 2.58 bits per heavy atom. The predicted octanol–water partition coefficient (Wildman–Crippen LogP) is 3.47. The van der Waals surface area contributed by atoms with Gasteiger partial charge in [-0.3, -0.25) is 4.79 Å². The molecule has 4 heteroatoms. The molecule has 0 aromatic heterocycles. The first-order chi connectivity index (χ1) is 5.66. The first kappa shape index (κ1) is 12.0. The Bertz CT molecular complexity index is 130. The Hall–Kier alpha value is 0.0500. The predicted molar refractivity (Wildman–Crippen MR) is 52.8 cm³/mol. The molecule has 0 saturated carbocycles. The molecule has 1 atom stereocenters. The summed E-state index contributed by atoms with van der Waals surface area (Å²) in [6.45, 7) is 2.15. The van der Waals surface area contributed by atoms with Gasteiger partial charge in [-0.15, -0.1) is 0 Å². The monoisotopic (exact) mass is 211 g/mol. The number of unbranched alkanes of at least 4 members (excludes halogenated alkanes) is 3. The van der Waals surface area contributed by atoms with Crippen molar-refractivity contribution in [1.82, 2.24) is 5.32 Å². The lowest BCUT2D eigenvalue weighted by Crippen LogP contribution is -2.25. The smallest absolute Gasteiger partial charge is 0.314 e. The lowest BCUT2D eigenvalue weighted by atomic mass is 10.1. The van der Waals surface area contributed by atoms with Crippen LogP contribution in [0.4, 0.5) is 4.79 Å². The van der Waals surface area contributed by atoms with Gasteiger partial charge in [0.1, 0.15) is 5.50 Å². The molecule has 12 heavy (non-hydrogen) atoms. The van der Waals surface area contributed by atoms with E-state index in [0.29, 0.717) is 0 Å². The van der Waals surface area contributed by atoms with Crippen LogP contribution in [0.2, 0.25) is 0 Å². The molecule has 0 aromatic carbocycles. The van der Waals surface area contributed by atoms with Gasteiger partial charge in [0.25, 0.3) is 0 Å². The number of nitrogens with one attached hydrogen (secondary N) is 1. The van der Waals surface area contributed by atoms with E-state index in [4.69, 9.17) is 23.2 Å². The van der Waals surface area contributed by atoms with Crippen molar-refractivity contribution in [3.05, 3.63) is 0 Å². The Labute approximate surface area is 83.6 Å². The topological polar surface area (TPSA) is 29.1 Å². The third kappa shape index (κ3) is 8.15. The van der Waals surface area contributed by atoms with Crippen LogP contribution in [0.1, 0.15) is 39.0 Å². The van der Waals surface area contributed by atoms with Gasteiger partial charge < -0.3 is 5.32 Å². The first-order valence-corrected chi connectivity index (χ1v) is 5.08. The van der Waals surface area contributed by atoms with Crippen LogP contribution < -0.4 is 5.32 Å². The normalized spacial score (nSPS) is 12.6. The molecule has 1 unspecified atom stereocenters. The molecule has 0 heterocycles. The van der Waals surface area contributed by atoms with Crippen molar-refractivity contribution >= 4 is 28.6 Å². The summed E-state index contributed by atoms with van der Waals surface area (Å²) in [5.74, 6) is 0. The van der Waals surface area contributed by atoms with Crippen molar-refractivity contribution in [2.75, 3.05) is 0 Å². The van der Waals surface area contributed by atoms with Gasteiger partial charge in [0.05, 0.1) is 0 Å². The number of carbonyl (C=O) groups is 1. The highest BCUT2D eigenvalue weighted by Crippen LogP contribution is 2.08. The third-order valence-corrected chi connectivity index (χ3v) is 2.02. The van der Waals surface area contributed by atoms with E-state index in [0.717, 1.165) is 19.3 Å². The molecule has 0 aliphatic heterocycles. The summed E-state index contributed by atoms with van der Waals surface area (Å²) in [6, 6.07) is 0. The van der Waals surface area contributed by atoms with Crippen LogP contribution in [0.5, 0.6) is 0 Å². The fourth-order valence-corrected chi connectivity index (χ4v) is 1.39. The molecule has 0 bridgehead atoms. The number of halogens is 2. The zero-order chi connectivity index (χ0) is 9.40. The van der Waals surface area contributed by atoms with Crippen LogP contribution in [0.25, 0.3) is 0 Å². The SMILES string of the molecule is CCCCCCC(Cl)NC(=O)Cl. The highest BCUT2D eigenvalue weighted by atomic mass is 35.5. The summed E-state index contributed by atoms with van der Waals surface area (Å²) in [5, 5.41) is 1.83. The van der Waals surface area contributed by atoms with Gasteiger partial charge in [-0.05, 0) is 18.0 Å². The maximum atomic E-state index is 10.3. The minimum atomic E-state index is -0.578. The van der Waals surface area contributed by atoms with E-state index in [2.05, 4.69) is 12.2 Å². The summed E-state index contributed by atoms with van der Waals surface area (Å²) in [6.07, 6.45) is 5.42. The maximum Gasteiger partial charge on any atom is 0.314 e. The number of carbonyl (C=O) groups excluding carboxylic acids is 1. The third-order valence-electron chi connectivity index (χ3n) is 1.58. The molecule has 2 nitrogen and oxygen atoms in total. The first-order valence-electron chi connectivity index (χ1n) is 4.27. The molecule has 0 rings (SSSR count). The Morgan fingerprint density at radius 2 is 2.08 bits per heavy atom. The van der Waals surface area contributed by atoms with Gasteiger partial charge in [-0.2, -0.15) is 0 Å². The van der Waals surface area contributed by atoms with Gasteiger partial charge >= 0.3 is 5.37 Å². The zero-order valence-electron chi connectivity index (χ0n) is 7.28. The number of alkyl halides is 1. The minimum absolute atomic E-state index is 0.313. The van der Waals surface area contributed by atoms with Crippen LogP contribution >= 0.6 is 23.2 Å². The summed E-state index contributed by atoms with van der Waals surface area (Å²) < 4.78 is 0. The molecule has 0 aliphatic rings. The van der Waals surface area contributed by atoms with E-state index in [1.54, 1.807) is 0 Å². The van der Waals surface area contributed by atoms with Crippen molar-refractivity contribution in [3.63, 3.8) is 0 Å². The summed E-state index contributed by atoms with van der Waals surface area (Å²) >= 11 is 10.8. The van der Waals surface area contributed by atoms with Crippen LogP contribution in [-0.2, 0) is 0 Å². The zero-order valence-corrected chi connectivity index (χ0v) is 8.79. The Kier molecular flexibility index (Phi) is 7.72. The molecule has 0 saturated heterocycles. The average molecular weight is 212 g/mol.